The number of ether oxygens (including phenoxy) is 1. The Bertz CT molecular complexity index is 398. The second kappa shape index (κ2) is 8.85. The van der Waals surface area contributed by atoms with E-state index in [9.17, 15) is 0 Å². The molecule has 3 heterocycles. The van der Waals surface area contributed by atoms with Crippen LogP contribution in [0.5, 0.6) is 0 Å². The van der Waals surface area contributed by atoms with Gasteiger partial charge in [-0.25, -0.2) is 0 Å². The predicted molar refractivity (Wildman–Crippen MR) is 106 cm³/mol. The van der Waals surface area contributed by atoms with Crippen molar-refractivity contribution in [3.63, 3.8) is 0 Å². The Labute approximate surface area is 158 Å². The first-order valence-corrected chi connectivity index (χ1v) is 9.00. The summed E-state index contributed by atoms with van der Waals surface area (Å²) in [5.74, 6) is 1.08. The molecule has 3 aliphatic rings. The molecule has 6 heteroatoms. The molecule has 0 radical (unpaired) electrons. The van der Waals surface area contributed by atoms with Crippen molar-refractivity contribution in [2.75, 3.05) is 53.0 Å². The number of hydrogen-bond donors (Lipinski definition) is 1. The van der Waals surface area contributed by atoms with Crippen molar-refractivity contribution in [2.24, 2.45) is 10.4 Å². The van der Waals surface area contributed by atoms with Crippen LogP contribution in [-0.2, 0) is 4.74 Å². The van der Waals surface area contributed by atoms with E-state index in [1.807, 2.05) is 7.05 Å². The minimum atomic E-state index is 0. The Balaban J connectivity index is 0.00000192. The third-order valence-corrected chi connectivity index (χ3v) is 5.76. The molecule has 2 unspecified atom stereocenters. The van der Waals surface area contributed by atoms with E-state index in [0.29, 0.717) is 5.41 Å². The molecule has 1 N–H and O–H groups in total. The average molecular weight is 436 g/mol. The maximum atomic E-state index is 5.62. The van der Waals surface area contributed by atoms with Gasteiger partial charge in [0.05, 0.1) is 6.61 Å². The summed E-state index contributed by atoms with van der Waals surface area (Å²) in [6.07, 6.45) is 6.56. The lowest BCUT2D eigenvalue weighted by molar-refractivity contribution is 0.156. The van der Waals surface area contributed by atoms with Crippen molar-refractivity contribution in [2.45, 2.75) is 45.1 Å². The van der Waals surface area contributed by atoms with Crippen LogP contribution in [-0.4, -0.2) is 74.8 Å². The van der Waals surface area contributed by atoms with E-state index < -0.39 is 0 Å². The zero-order chi connectivity index (χ0) is 15.4. The predicted octanol–water partition coefficient (Wildman–Crippen LogP) is 2.17. The summed E-state index contributed by atoms with van der Waals surface area (Å²) in [4.78, 5) is 9.53. The monoisotopic (exact) mass is 436 g/mol. The smallest absolute Gasteiger partial charge is 0.193 e. The molecular formula is C17H33IN4O. The lowest BCUT2D eigenvalue weighted by Gasteiger charge is -2.33. The van der Waals surface area contributed by atoms with Gasteiger partial charge in [-0.15, -0.1) is 24.0 Å². The summed E-state index contributed by atoms with van der Waals surface area (Å²) in [6, 6.07) is 0.739. The molecule has 3 rings (SSSR count). The van der Waals surface area contributed by atoms with Crippen LogP contribution in [0.1, 0.15) is 39.0 Å². The van der Waals surface area contributed by atoms with Crippen LogP contribution >= 0.6 is 24.0 Å². The third kappa shape index (κ3) is 4.72. The SMILES string of the molecule is CN=C(NCCN1CCCCC1C)N1CCC2(CCOC2)C1.I. The fourth-order valence-corrected chi connectivity index (χ4v) is 4.22. The maximum absolute atomic E-state index is 5.62. The van der Waals surface area contributed by atoms with Crippen LogP contribution < -0.4 is 5.32 Å². The highest BCUT2D eigenvalue weighted by molar-refractivity contribution is 14.0. The normalized spacial score (nSPS) is 32.3. The number of aliphatic imine (C=N–C) groups is 1. The van der Waals surface area contributed by atoms with Gasteiger partial charge >= 0.3 is 0 Å². The van der Waals surface area contributed by atoms with Crippen molar-refractivity contribution >= 4 is 29.9 Å². The van der Waals surface area contributed by atoms with E-state index in [1.54, 1.807) is 0 Å². The summed E-state index contributed by atoms with van der Waals surface area (Å²) < 4.78 is 5.62. The topological polar surface area (TPSA) is 40.1 Å². The van der Waals surface area contributed by atoms with Gasteiger partial charge < -0.3 is 15.0 Å². The van der Waals surface area contributed by atoms with Crippen molar-refractivity contribution < 1.29 is 4.74 Å². The van der Waals surface area contributed by atoms with E-state index in [-0.39, 0.29) is 24.0 Å². The number of piperidine rings is 1. The Morgan fingerprint density at radius 3 is 2.87 bits per heavy atom. The van der Waals surface area contributed by atoms with Gasteiger partial charge in [0.1, 0.15) is 0 Å². The fourth-order valence-electron chi connectivity index (χ4n) is 4.22. The average Bonchev–Trinajstić information content (AvgIpc) is 3.16. The Morgan fingerprint density at radius 1 is 1.30 bits per heavy atom. The van der Waals surface area contributed by atoms with Crippen LogP contribution in [0.3, 0.4) is 0 Å². The Hall–Kier alpha value is -0.0800. The molecule has 1 spiro atoms. The molecule has 0 aliphatic carbocycles. The quantitative estimate of drug-likeness (QED) is 0.418. The van der Waals surface area contributed by atoms with Gasteiger partial charge in [0.15, 0.2) is 5.96 Å². The fraction of sp³-hybridized carbons (Fsp3) is 0.941. The van der Waals surface area contributed by atoms with Gasteiger partial charge in [-0.3, -0.25) is 9.89 Å². The highest BCUT2D eigenvalue weighted by Crippen LogP contribution is 2.38. The first-order chi connectivity index (χ1) is 10.7. The number of rotatable bonds is 3. The van der Waals surface area contributed by atoms with Crippen molar-refractivity contribution in [3.05, 3.63) is 0 Å². The number of likely N-dealkylation sites (tertiary alicyclic amines) is 2. The molecular weight excluding hydrogens is 403 g/mol. The lowest BCUT2D eigenvalue weighted by atomic mass is 9.87. The number of halogens is 1. The van der Waals surface area contributed by atoms with E-state index in [0.717, 1.165) is 51.4 Å². The second-order valence-electron chi connectivity index (χ2n) is 7.33. The van der Waals surface area contributed by atoms with Crippen LogP contribution in [0.4, 0.5) is 0 Å². The first-order valence-electron chi connectivity index (χ1n) is 9.00. The molecule has 3 aliphatic heterocycles. The van der Waals surface area contributed by atoms with Crippen molar-refractivity contribution in [1.29, 1.82) is 0 Å². The molecule has 23 heavy (non-hydrogen) atoms. The highest BCUT2D eigenvalue weighted by Gasteiger charge is 2.42. The standard InChI is InChI=1S/C17H32N4O.HI/c1-15-5-3-4-9-20(15)11-8-19-16(18-2)21-10-6-17(13-21)7-12-22-14-17;/h15H,3-14H2,1-2H3,(H,18,19);1H. The summed E-state index contributed by atoms with van der Waals surface area (Å²) in [5.41, 5.74) is 0.402. The summed E-state index contributed by atoms with van der Waals surface area (Å²) in [7, 11) is 1.90. The molecule has 0 saturated carbocycles. The summed E-state index contributed by atoms with van der Waals surface area (Å²) in [5, 5.41) is 3.58. The van der Waals surface area contributed by atoms with Crippen LogP contribution in [0.25, 0.3) is 0 Å². The van der Waals surface area contributed by atoms with Gasteiger partial charge in [-0.2, -0.15) is 0 Å². The first kappa shape index (κ1) is 19.2. The van der Waals surface area contributed by atoms with Crippen LogP contribution in [0.2, 0.25) is 0 Å². The van der Waals surface area contributed by atoms with Crippen molar-refractivity contribution in [3.8, 4) is 0 Å². The van der Waals surface area contributed by atoms with Gasteiger partial charge in [0, 0.05) is 51.3 Å². The molecule has 3 saturated heterocycles. The van der Waals surface area contributed by atoms with E-state index in [1.165, 1.54) is 38.6 Å². The van der Waals surface area contributed by atoms with Crippen LogP contribution in [0, 0.1) is 5.41 Å². The molecule has 2 atom stereocenters. The molecule has 0 aromatic heterocycles. The molecule has 5 nitrogen and oxygen atoms in total. The van der Waals surface area contributed by atoms with Gasteiger partial charge in [0.2, 0.25) is 0 Å². The molecule has 134 valence electrons. The number of guanidine groups is 1. The van der Waals surface area contributed by atoms with E-state index in [4.69, 9.17) is 4.74 Å². The number of hydrogen-bond acceptors (Lipinski definition) is 3. The largest absolute Gasteiger partial charge is 0.381 e. The lowest BCUT2D eigenvalue weighted by Crippen LogP contribution is -2.46. The number of nitrogens with zero attached hydrogens (tertiary/aromatic N) is 3. The minimum Gasteiger partial charge on any atom is -0.381 e. The van der Waals surface area contributed by atoms with Crippen molar-refractivity contribution in [1.82, 2.24) is 15.1 Å². The molecule has 0 amide bonds. The molecule has 0 bridgehead atoms. The van der Waals surface area contributed by atoms with E-state index in [2.05, 4.69) is 27.0 Å². The third-order valence-electron chi connectivity index (χ3n) is 5.76. The Morgan fingerprint density at radius 2 is 2.17 bits per heavy atom. The molecule has 0 aromatic rings. The number of nitrogens with one attached hydrogen (secondary N) is 1. The molecule has 3 fully saturated rings. The minimum absolute atomic E-state index is 0. The summed E-state index contributed by atoms with van der Waals surface area (Å²) >= 11 is 0. The van der Waals surface area contributed by atoms with Crippen LogP contribution in [0.15, 0.2) is 4.99 Å². The van der Waals surface area contributed by atoms with Gasteiger partial charge in [0.25, 0.3) is 0 Å². The van der Waals surface area contributed by atoms with E-state index >= 15 is 0 Å². The zero-order valence-electron chi connectivity index (χ0n) is 14.7. The maximum Gasteiger partial charge on any atom is 0.193 e. The summed E-state index contributed by atoms with van der Waals surface area (Å²) in [6.45, 7) is 9.83. The van der Waals surface area contributed by atoms with Gasteiger partial charge in [-0.05, 0) is 39.2 Å². The highest BCUT2D eigenvalue weighted by atomic mass is 127. The molecule has 0 aromatic carbocycles. The zero-order valence-corrected chi connectivity index (χ0v) is 17.1. The second-order valence-corrected chi connectivity index (χ2v) is 7.33. The van der Waals surface area contributed by atoms with Gasteiger partial charge in [-0.1, -0.05) is 6.42 Å². The Kier molecular flexibility index (Phi) is 7.41.